The van der Waals surface area contributed by atoms with E-state index in [9.17, 15) is 45.9 Å². The Hall–Kier alpha value is 0.356. The molecule has 14 rings (SSSR count). The van der Waals surface area contributed by atoms with Gasteiger partial charge in [-0.1, -0.05) is 196 Å². The zero-order valence-electron chi connectivity index (χ0n) is 87.1. The topological polar surface area (TPSA) is 304 Å². The van der Waals surface area contributed by atoms with Crippen LogP contribution >= 0.6 is 119 Å². The van der Waals surface area contributed by atoms with Gasteiger partial charge >= 0.3 is 265 Å². The van der Waals surface area contributed by atoms with Crippen LogP contribution in [0, 0.1) is 87.7 Å². The molecular formula is C105H147Cl14N9O10Si2Zr7. The molecule has 7 aromatic rings. The van der Waals surface area contributed by atoms with E-state index in [4.69, 9.17) is 139 Å². The van der Waals surface area contributed by atoms with Crippen LogP contribution in [0.4, 0.5) is 0 Å². The Bertz CT molecular complexity index is 5010. The molecule has 0 aliphatic heterocycles. The number of hydrogen-bond acceptors (Lipinski definition) is 18. The average Bonchev–Trinajstić information content (AvgIpc) is 1.67. The summed E-state index contributed by atoms with van der Waals surface area (Å²) >= 11 is -5.78. The van der Waals surface area contributed by atoms with Crippen molar-refractivity contribution >= 4 is 179 Å². The normalized spacial score (nSPS) is 21.3. The van der Waals surface area contributed by atoms with E-state index in [-0.39, 0.29) is 46.6 Å². The second kappa shape index (κ2) is 86.2. The first-order valence-electron chi connectivity index (χ1n) is 49.4. The van der Waals surface area contributed by atoms with Crippen molar-refractivity contribution in [2.75, 3.05) is 6.61 Å². The maximum absolute atomic E-state index is 10.8. The van der Waals surface area contributed by atoms with Gasteiger partial charge in [-0.05, 0) is 250 Å². The predicted octanol–water partition coefficient (Wildman–Crippen LogP) is 34.4. The van der Waals surface area contributed by atoms with Gasteiger partial charge in [-0.2, -0.15) is 5.26 Å². The van der Waals surface area contributed by atoms with Gasteiger partial charge in [-0.25, -0.2) is 0 Å². The number of halogens is 14. The van der Waals surface area contributed by atoms with Gasteiger partial charge < -0.3 is 40.5 Å². The number of ether oxygens (including phenoxy) is 1. The number of benzene rings is 7. The van der Waals surface area contributed by atoms with Crippen molar-refractivity contribution in [1.82, 2.24) is 0 Å². The Morgan fingerprint density at radius 3 is 0.837 bits per heavy atom. The van der Waals surface area contributed by atoms with Gasteiger partial charge in [0.15, 0.2) is 0 Å². The molecule has 0 aromatic heterocycles. The minimum atomic E-state index is -1.19. The molecular weight excluding hydrogens is 2740 g/mol. The van der Waals surface area contributed by atoms with Crippen molar-refractivity contribution in [2.45, 2.75) is 328 Å². The van der Waals surface area contributed by atoms with Crippen LogP contribution in [0.3, 0.4) is 0 Å². The summed E-state index contributed by atoms with van der Waals surface area (Å²) in [6, 6.07) is 47.7. The number of rotatable bonds is 22. The molecule has 0 amide bonds. The van der Waals surface area contributed by atoms with Crippen molar-refractivity contribution in [1.29, 1.82) is 5.26 Å². The monoisotopic (exact) mass is 2870 g/mol. The van der Waals surface area contributed by atoms with Gasteiger partial charge in [0, 0.05) is 108 Å². The standard InChI is InChI=1S/C19H31NOSi.C16H25NOSi.C15H21NO2.C14H16N2O.2C14H19NO.C13H16N2O3.14ClH.7Zr/c1-5-22(6-2,7-3)18-13-9-12-17(18)20-14-16-11-8-10-15(4)19(16)21;1-12-7-5-8-13(16(12)18)11-17-14-9-6-10-15(14)19(2,3)4;1-3-18-14-9-5-8-13(14)16-10-12-7-4-6-11(2)15(12)17;1-10-4-2-6-12(14(10)17)9-16-13-7-3-5-11(13)8-15;2*1-10-5-4-8-13(10)15-9-12-7-3-6-11(2)14(12)16;1-9-4-2-5-10(13(9)16)8-14-11-6-3-7-12(11)15(17)18;;;;;;;;;;;;;;;;;;;;;/h8,10-11,14,17-18,21H,5-7,9,12-13H2,1-4H3;5,7-8,11,14-15,18H,6,9-10H2,1-4H3;4,6-7,10,13-14,17H,3,5,8-9H2,1-2H3;2,4,6,9,11,13,17H,3,5,7H2,1H3;2*3,6-7,9-10,13,16H,4-5,8H2,1-2H3;2,4-5,8,11-12,16H,3,6-7H2,1H3;14*1H;;;;;;;/q;;;;;;;;;;;;;;;;;;;;;7*+2/p-14. The van der Waals surface area contributed by atoms with E-state index in [2.05, 4.69) is 85.3 Å². The quantitative estimate of drug-likeness (QED) is 0.0145. The number of nitrogens with zero attached hydrogens (tertiary/aromatic N) is 9. The number of aliphatic imine (C=N–C) groups is 7. The van der Waals surface area contributed by atoms with E-state index in [1.807, 2.05) is 202 Å². The SMILES string of the molecule is CCOC1CCCC1N=Cc1cccc(C)c1O.CC[Si](CC)(CC)C1CCCC1N=Cc1cccc(C)c1O.Cc1cccc(C=NC2CCCC2C#N)c1O.Cc1cccc(C=NC2CCCC2C)c1O.Cc1cccc(C=NC2CCCC2C)c1O.Cc1cccc(C=NC2CCCC2[N+](=O)[O-])c1O.Cc1cccc(C=NC2CCCC2[Si](C)(C)C)c1O.[Cl][Zr][Cl].[Cl][Zr][Cl].[Cl][Zr][Cl].[Cl][Zr][Cl].[Cl][Zr][Cl].[Cl][Zr][Cl].[Cl][Zr][Cl]. The number of phenols is 7. The van der Waals surface area contributed by atoms with Gasteiger partial charge in [-0.3, -0.25) is 45.1 Å². The number of aromatic hydroxyl groups is 7. The van der Waals surface area contributed by atoms with Crippen LogP contribution in [0.1, 0.15) is 254 Å². The Morgan fingerprint density at radius 2 is 0.565 bits per heavy atom. The number of hydrogen-bond donors (Lipinski definition) is 7. The molecule has 7 aliphatic carbocycles. The van der Waals surface area contributed by atoms with Crippen LogP contribution in [-0.2, 0) is 151 Å². The van der Waals surface area contributed by atoms with Gasteiger partial charge in [0.25, 0.3) is 0 Å². The van der Waals surface area contributed by atoms with Crippen LogP contribution in [-0.4, -0.2) is 161 Å². The second-order valence-corrected chi connectivity index (χ2v) is 74.7. The van der Waals surface area contributed by atoms with Gasteiger partial charge in [0.2, 0.25) is 6.04 Å². The fourth-order valence-electron chi connectivity index (χ4n) is 19.0. The number of aryl methyl sites for hydroxylation is 7. The average molecular weight is 2890 g/mol. The first-order chi connectivity index (χ1) is 70.3. The molecule has 0 spiro atoms. The third-order valence-electron chi connectivity index (χ3n) is 27.5. The summed E-state index contributed by atoms with van der Waals surface area (Å²) in [5.74, 6) is 3.67. The number of nitro groups is 1. The third kappa shape index (κ3) is 56.0. The molecule has 0 heterocycles. The molecule has 7 fully saturated rings. The van der Waals surface area contributed by atoms with Crippen molar-refractivity contribution < 1.29 is 191 Å². The van der Waals surface area contributed by atoms with E-state index in [0.717, 1.165) is 135 Å². The van der Waals surface area contributed by atoms with E-state index in [1.165, 1.54) is 102 Å². The molecule has 7 saturated carbocycles. The van der Waals surface area contributed by atoms with Crippen molar-refractivity contribution in [3.63, 3.8) is 0 Å². The molecule has 7 N–H and O–H groups in total. The molecule has 7 aromatic carbocycles. The Balaban J connectivity index is 0.000000831. The molecule has 14 atom stereocenters. The van der Waals surface area contributed by atoms with Crippen LogP contribution in [0.25, 0.3) is 0 Å². The summed E-state index contributed by atoms with van der Waals surface area (Å²) in [5.41, 5.74) is 13.3. The second-order valence-electron chi connectivity index (χ2n) is 37.6. The zero-order valence-corrected chi connectivity index (χ0v) is 117. The molecule has 0 saturated heterocycles. The Morgan fingerprint density at radius 1 is 0.340 bits per heavy atom. The summed E-state index contributed by atoms with van der Waals surface area (Å²) in [4.78, 5) is 42.8. The van der Waals surface area contributed by atoms with E-state index in [0.29, 0.717) is 76.7 Å². The van der Waals surface area contributed by atoms with Crippen LogP contribution in [0.2, 0.25) is 48.9 Å². The summed E-state index contributed by atoms with van der Waals surface area (Å²) in [6.07, 6.45) is 36.5. The van der Waals surface area contributed by atoms with Gasteiger partial charge in [0.05, 0.1) is 62.4 Å². The van der Waals surface area contributed by atoms with E-state index < -0.39 is 168 Å². The van der Waals surface area contributed by atoms with Crippen molar-refractivity contribution in [3.05, 3.63) is 215 Å². The molecule has 7 aliphatic rings. The molecule has 19 nitrogen and oxygen atoms in total. The molecule has 42 heteroatoms. The maximum atomic E-state index is 10.8. The van der Waals surface area contributed by atoms with E-state index in [1.54, 1.807) is 24.7 Å². The molecule has 0 radical (unpaired) electrons. The Labute approximate surface area is 1010 Å². The van der Waals surface area contributed by atoms with Crippen LogP contribution in [0.15, 0.2) is 162 Å². The summed E-state index contributed by atoms with van der Waals surface area (Å²) in [5, 5.41) is 89.2. The molecule has 0 bridgehead atoms. The number of nitriles is 1. The minimum absolute atomic E-state index is 0.0400. The van der Waals surface area contributed by atoms with Crippen molar-refractivity contribution in [2.24, 2.45) is 52.7 Å². The number of phenolic OH excluding ortho intramolecular Hbond substituents is 7. The Kier molecular flexibility index (Phi) is 85.3. The first kappa shape index (κ1) is 145. The first-order valence-corrected chi connectivity index (χ1v) is 100.0. The van der Waals surface area contributed by atoms with E-state index >= 15 is 0 Å². The summed E-state index contributed by atoms with van der Waals surface area (Å²) in [6.45, 7) is 35.0. The fraction of sp³-hybridized carbons (Fsp3) is 0.524. The molecule has 14 unspecified atom stereocenters. The number of para-hydroxylation sites is 7. The van der Waals surface area contributed by atoms with Crippen LogP contribution < -0.4 is 0 Å². The van der Waals surface area contributed by atoms with Crippen LogP contribution in [0.5, 0.6) is 40.2 Å². The predicted molar refractivity (Wildman–Crippen MR) is 610 cm³/mol. The summed E-state index contributed by atoms with van der Waals surface area (Å²) < 4.78 is 5.68. The van der Waals surface area contributed by atoms with Crippen molar-refractivity contribution in [3.8, 4) is 46.3 Å². The summed E-state index contributed by atoms with van der Waals surface area (Å²) in [7, 11) is 66.8. The van der Waals surface area contributed by atoms with Gasteiger partial charge in [-0.15, -0.1) is 0 Å². The zero-order chi connectivity index (χ0) is 111. The molecule has 147 heavy (non-hydrogen) atoms. The third-order valence-corrected chi connectivity index (χ3v) is 36.8. The molecule has 806 valence electrons. The van der Waals surface area contributed by atoms with Gasteiger partial charge in [0.1, 0.15) is 46.3 Å². The fourth-order valence-corrected chi connectivity index (χ4v) is 26.5.